The van der Waals surface area contributed by atoms with Crippen LogP contribution >= 0.6 is 0 Å². The highest BCUT2D eigenvalue weighted by molar-refractivity contribution is 6.18. The lowest BCUT2D eigenvalue weighted by molar-refractivity contribution is -0.720. The maximum Gasteiger partial charge on any atom is 0.246 e. The van der Waals surface area contributed by atoms with Gasteiger partial charge >= 0.3 is 0 Å². The summed E-state index contributed by atoms with van der Waals surface area (Å²) in [6.07, 6.45) is 4.17. The first kappa shape index (κ1) is 18.2. The van der Waals surface area contributed by atoms with Crippen LogP contribution in [0.25, 0.3) is 44.0 Å². The first-order chi connectivity index (χ1) is 17.3. The van der Waals surface area contributed by atoms with Crippen molar-refractivity contribution in [3.8, 4) is 11.3 Å². The van der Waals surface area contributed by atoms with E-state index in [0.717, 1.165) is 51.4 Å². The number of fused-ring (bicyclic) bond motifs is 6. The molecule has 0 unspecified atom stereocenters. The third kappa shape index (κ3) is 2.82. The van der Waals surface area contributed by atoms with Gasteiger partial charge in [-0.2, -0.15) is 0 Å². The Bertz CT molecular complexity index is 1740. The monoisotopic (exact) mass is 452 g/mol. The van der Waals surface area contributed by atoms with Gasteiger partial charge in [0.1, 0.15) is 11.2 Å². The molecule has 1 aliphatic carbocycles. The Kier molecular flexibility index (Phi) is 3.69. The second kappa shape index (κ2) is 6.91. The topological polar surface area (TPSA) is 29.9 Å². The minimum absolute atomic E-state index is 0.00338. The minimum atomic E-state index is -2.28. The molecule has 34 heavy (non-hydrogen) atoms. The maximum atomic E-state index is 8.39. The van der Waals surface area contributed by atoms with E-state index >= 15 is 0 Å². The molecule has 1 aliphatic rings. The van der Waals surface area contributed by atoms with Gasteiger partial charge in [0.2, 0.25) is 5.69 Å². The van der Waals surface area contributed by atoms with Crippen molar-refractivity contribution in [1.82, 2.24) is 5.10 Å². The molecular weight excluding hydrogens is 416 g/mol. The Morgan fingerprint density at radius 2 is 1.71 bits per heavy atom. The van der Waals surface area contributed by atoms with E-state index < -0.39 is 6.85 Å². The number of hydrogen-bond donors (Lipinski definition) is 0. The number of aromatic nitrogens is 2. The summed E-state index contributed by atoms with van der Waals surface area (Å²) in [5.74, 6) is 0. The van der Waals surface area contributed by atoms with Gasteiger partial charge in [-0.3, -0.25) is 0 Å². The zero-order valence-corrected chi connectivity index (χ0v) is 20.8. The highest BCUT2D eigenvalue weighted by Crippen LogP contribution is 2.50. The number of rotatable bonds is 1. The van der Waals surface area contributed by atoms with Crippen LogP contribution in [-0.4, -0.2) is 5.10 Å². The average Bonchev–Trinajstić information content (AvgIpc) is 3.21. The fraction of sp³-hybridized carbons (Fsp3) is 0.355. The highest BCUT2D eigenvalue weighted by Gasteiger charge is 2.43. The lowest BCUT2D eigenvalue weighted by Crippen LogP contribution is -2.44. The van der Waals surface area contributed by atoms with E-state index in [4.69, 9.17) is 13.6 Å². The SMILES string of the molecule is [2H]C([2H])([2H])c1cc(C)c(-c2c3c(cn[n+]2C)C(C)(C)CCC3(C)C)c2oc3c4ccccc4ccc3c12. The van der Waals surface area contributed by atoms with Crippen molar-refractivity contribution in [2.45, 2.75) is 65.1 Å². The summed E-state index contributed by atoms with van der Waals surface area (Å²) < 4.78 is 33.9. The van der Waals surface area contributed by atoms with E-state index in [1.807, 2.05) is 61.2 Å². The largest absolute Gasteiger partial charge is 0.454 e. The molecule has 3 aromatic carbocycles. The van der Waals surface area contributed by atoms with Crippen molar-refractivity contribution in [1.29, 1.82) is 0 Å². The van der Waals surface area contributed by atoms with Crippen molar-refractivity contribution < 1.29 is 13.2 Å². The molecular formula is C31H33N2O+. The Labute approximate surface area is 205 Å². The number of furan rings is 1. The van der Waals surface area contributed by atoms with E-state index in [9.17, 15) is 0 Å². The number of benzene rings is 3. The molecule has 0 saturated heterocycles. The Morgan fingerprint density at radius 3 is 2.50 bits per heavy atom. The summed E-state index contributed by atoms with van der Waals surface area (Å²) in [5.41, 5.74) is 6.97. The first-order valence-corrected chi connectivity index (χ1v) is 12.1. The van der Waals surface area contributed by atoms with Crippen molar-refractivity contribution >= 4 is 32.7 Å². The summed E-state index contributed by atoms with van der Waals surface area (Å²) in [6.45, 7) is 8.91. The van der Waals surface area contributed by atoms with Crippen LogP contribution in [0.4, 0.5) is 0 Å². The zero-order valence-electron chi connectivity index (χ0n) is 23.8. The van der Waals surface area contributed by atoms with Gasteiger partial charge in [0, 0.05) is 25.8 Å². The maximum absolute atomic E-state index is 8.39. The number of aryl methyl sites for hydroxylation is 3. The number of nitrogens with zero attached hydrogens (tertiary/aromatic N) is 2. The van der Waals surface area contributed by atoms with Crippen molar-refractivity contribution in [3.05, 3.63) is 70.9 Å². The molecule has 3 nitrogen and oxygen atoms in total. The molecule has 0 saturated carbocycles. The molecule has 0 spiro atoms. The van der Waals surface area contributed by atoms with Crippen molar-refractivity contribution in [2.75, 3.05) is 0 Å². The average molecular weight is 453 g/mol. The van der Waals surface area contributed by atoms with E-state index in [-0.39, 0.29) is 10.8 Å². The quantitative estimate of drug-likeness (QED) is 0.245. The van der Waals surface area contributed by atoms with Crippen LogP contribution < -0.4 is 4.68 Å². The number of hydrogen-bond acceptors (Lipinski definition) is 2. The van der Waals surface area contributed by atoms with Gasteiger partial charge in [0.15, 0.2) is 7.05 Å². The lowest BCUT2D eigenvalue weighted by atomic mass is 9.62. The molecule has 0 N–H and O–H groups in total. The normalized spacial score (nSPS) is 18.6. The van der Waals surface area contributed by atoms with Gasteiger partial charge in [-0.1, -0.05) is 68.8 Å². The first-order valence-electron chi connectivity index (χ1n) is 13.6. The van der Waals surface area contributed by atoms with Crippen LogP contribution in [0.15, 0.2) is 53.1 Å². The molecule has 0 bridgehead atoms. The standard InChI is InChI=1S/C31H33N2O/c1-18-16-19(2)25(27-26-23(17-32-33(27)7)30(3,4)14-15-31(26,5)6)29-24(18)22-13-12-20-10-8-9-11-21(20)28(22)34-29/h8-13,16-17H,14-15H2,1-7H3/q+1/i1D3. The molecule has 5 aromatic rings. The van der Waals surface area contributed by atoms with Gasteiger partial charge in [-0.15, -0.1) is 0 Å². The Balaban J connectivity index is 1.84. The second-order valence-electron chi connectivity index (χ2n) is 11.3. The van der Waals surface area contributed by atoms with Crippen LogP contribution in [0.1, 0.15) is 66.9 Å². The molecule has 2 aromatic heterocycles. The fourth-order valence-corrected chi connectivity index (χ4v) is 6.03. The van der Waals surface area contributed by atoms with Crippen molar-refractivity contribution in [2.24, 2.45) is 7.05 Å². The molecule has 0 fully saturated rings. The van der Waals surface area contributed by atoms with Crippen LogP contribution in [0.2, 0.25) is 0 Å². The second-order valence-corrected chi connectivity index (χ2v) is 11.3. The minimum Gasteiger partial charge on any atom is -0.454 e. The predicted octanol–water partition coefficient (Wildman–Crippen LogP) is 7.59. The molecule has 2 heterocycles. The van der Waals surface area contributed by atoms with E-state index in [1.165, 1.54) is 11.1 Å². The molecule has 0 amide bonds. The molecule has 3 heteroatoms. The fourth-order valence-electron chi connectivity index (χ4n) is 6.03. The van der Waals surface area contributed by atoms with E-state index in [2.05, 4.69) is 33.8 Å². The van der Waals surface area contributed by atoms with Gasteiger partial charge in [-0.25, -0.2) is 0 Å². The Hall–Kier alpha value is -3.20. The van der Waals surface area contributed by atoms with Crippen LogP contribution in [-0.2, 0) is 17.9 Å². The van der Waals surface area contributed by atoms with Gasteiger partial charge in [0.25, 0.3) is 0 Å². The summed E-state index contributed by atoms with van der Waals surface area (Å²) in [4.78, 5) is 0. The van der Waals surface area contributed by atoms with E-state index in [0.29, 0.717) is 16.5 Å². The lowest BCUT2D eigenvalue weighted by Gasteiger charge is -2.41. The van der Waals surface area contributed by atoms with Crippen LogP contribution in [0, 0.1) is 13.8 Å². The molecule has 0 radical (unpaired) electrons. The van der Waals surface area contributed by atoms with Crippen LogP contribution in [0.3, 0.4) is 0 Å². The zero-order chi connectivity index (χ0) is 26.5. The third-order valence-corrected chi connectivity index (χ3v) is 8.04. The van der Waals surface area contributed by atoms with Crippen molar-refractivity contribution in [3.63, 3.8) is 0 Å². The van der Waals surface area contributed by atoms with Gasteiger partial charge in [-0.05, 0) is 70.7 Å². The third-order valence-electron chi connectivity index (χ3n) is 8.04. The summed E-state index contributed by atoms with van der Waals surface area (Å²) in [7, 11) is 1.98. The molecule has 0 atom stereocenters. The van der Waals surface area contributed by atoms with Gasteiger partial charge in [0.05, 0.1) is 11.8 Å². The predicted molar refractivity (Wildman–Crippen MR) is 140 cm³/mol. The molecule has 172 valence electrons. The van der Waals surface area contributed by atoms with Gasteiger partial charge < -0.3 is 4.42 Å². The smallest absolute Gasteiger partial charge is 0.246 e. The molecule has 6 rings (SSSR count). The summed E-state index contributed by atoms with van der Waals surface area (Å²) in [6, 6.07) is 14.0. The summed E-state index contributed by atoms with van der Waals surface area (Å²) >= 11 is 0. The highest BCUT2D eigenvalue weighted by atomic mass is 16.3. The Morgan fingerprint density at radius 1 is 0.941 bits per heavy atom. The van der Waals surface area contributed by atoms with Crippen LogP contribution in [0.5, 0.6) is 0 Å². The molecule has 0 aliphatic heterocycles. The summed E-state index contributed by atoms with van der Waals surface area (Å²) in [5, 5.41) is 8.37. The van der Waals surface area contributed by atoms with E-state index in [1.54, 1.807) is 0 Å².